The summed E-state index contributed by atoms with van der Waals surface area (Å²) in [4.78, 5) is 13.0. The van der Waals surface area contributed by atoms with E-state index < -0.39 is 0 Å². The average Bonchev–Trinajstić information content (AvgIpc) is 3.05. The second-order valence-electron chi connectivity index (χ2n) is 7.14. The first-order valence-corrected chi connectivity index (χ1v) is 9.21. The Labute approximate surface area is 152 Å². The van der Waals surface area contributed by atoms with Gasteiger partial charge in [-0.3, -0.25) is 4.79 Å². The molecule has 1 N–H and O–H groups in total. The van der Waals surface area contributed by atoms with Crippen LogP contribution in [0.4, 0.5) is 0 Å². The van der Waals surface area contributed by atoms with Crippen LogP contribution in [0.15, 0.2) is 34.9 Å². The molecule has 26 heavy (non-hydrogen) atoms. The number of benzene rings is 1. The van der Waals surface area contributed by atoms with Crippen LogP contribution in [-0.2, 0) is 9.47 Å². The fraction of sp³-hybridized carbons (Fsp3) is 0.500. The highest BCUT2D eigenvalue weighted by Gasteiger charge is 2.39. The van der Waals surface area contributed by atoms with E-state index in [4.69, 9.17) is 14.0 Å². The number of amides is 1. The summed E-state index contributed by atoms with van der Waals surface area (Å²) in [5.74, 6) is 0.408. The van der Waals surface area contributed by atoms with E-state index in [1.165, 1.54) is 0 Å². The van der Waals surface area contributed by atoms with Crippen molar-refractivity contribution in [3.05, 3.63) is 41.7 Å². The first-order chi connectivity index (χ1) is 12.7. The Morgan fingerprint density at radius 2 is 1.96 bits per heavy atom. The van der Waals surface area contributed by atoms with Crippen molar-refractivity contribution >= 4 is 5.91 Å². The Hall–Kier alpha value is -2.18. The monoisotopic (exact) mass is 356 g/mol. The molecule has 0 saturated carbocycles. The summed E-state index contributed by atoms with van der Waals surface area (Å²) in [7, 11) is 0. The van der Waals surface area contributed by atoms with Gasteiger partial charge in [-0.1, -0.05) is 35.5 Å². The predicted molar refractivity (Wildman–Crippen MR) is 95.9 cm³/mol. The van der Waals surface area contributed by atoms with Crippen LogP contribution >= 0.6 is 0 Å². The SMILES string of the molecule is Cc1onc(-c2ccccc2)c1C(=O)N[C@@H]1CCOC2(CCOCC2)C1. The number of aromatic nitrogens is 1. The second kappa shape index (κ2) is 7.21. The van der Waals surface area contributed by atoms with E-state index in [0.717, 1.165) is 44.5 Å². The maximum atomic E-state index is 13.0. The van der Waals surface area contributed by atoms with Gasteiger partial charge in [0, 0.05) is 31.4 Å². The predicted octanol–water partition coefficient (Wildman–Crippen LogP) is 3.11. The Morgan fingerprint density at radius 1 is 1.19 bits per heavy atom. The molecule has 4 rings (SSSR count). The number of hydrogen-bond acceptors (Lipinski definition) is 5. The van der Waals surface area contributed by atoms with Crippen molar-refractivity contribution in [3.8, 4) is 11.3 Å². The first kappa shape index (κ1) is 17.2. The minimum absolute atomic E-state index is 0.0901. The van der Waals surface area contributed by atoms with E-state index in [1.807, 2.05) is 30.3 Å². The van der Waals surface area contributed by atoms with Crippen LogP contribution in [0.2, 0.25) is 0 Å². The van der Waals surface area contributed by atoms with Crippen LogP contribution in [-0.4, -0.2) is 42.5 Å². The summed E-state index contributed by atoms with van der Waals surface area (Å²) < 4.78 is 16.8. The summed E-state index contributed by atoms with van der Waals surface area (Å²) in [5, 5.41) is 7.29. The summed E-state index contributed by atoms with van der Waals surface area (Å²) >= 11 is 0. The molecule has 3 heterocycles. The molecule has 1 aromatic heterocycles. The Bertz CT molecular complexity index is 760. The molecule has 138 valence electrons. The molecule has 0 aliphatic carbocycles. The van der Waals surface area contributed by atoms with Crippen LogP contribution in [0, 0.1) is 6.92 Å². The van der Waals surface area contributed by atoms with Gasteiger partial charge >= 0.3 is 0 Å². The molecule has 1 aromatic carbocycles. The van der Waals surface area contributed by atoms with E-state index in [-0.39, 0.29) is 17.6 Å². The normalized spacial score (nSPS) is 22.3. The van der Waals surface area contributed by atoms with Crippen molar-refractivity contribution in [1.82, 2.24) is 10.5 Å². The largest absolute Gasteiger partial charge is 0.381 e. The molecule has 0 radical (unpaired) electrons. The number of nitrogens with one attached hydrogen (secondary N) is 1. The zero-order chi connectivity index (χ0) is 18.0. The third-order valence-corrected chi connectivity index (χ3v) is 5.37. The number of nitrogens with zero attached hydrogens (tertiary/aromatic N) is 1. The van der Waals surface area contributed by atoms with E-state index in [2.05, 4.69) is 10.5 Å². The van der Waals surface area contributed by atoms with Crippen molar-refractivity contribution in [3.63, 3.8) is 0 Å². The van der Waals surface area contributed by atoms with Crippen molar-refractivity contribution in [2.24, 2.45) is 0 Å². The van der Waals surface area contributed by atoms with Gasteiger partial charge in [0.1, 0.15) is 17.0 Å². The van der Waals surface area contributed by atoms with Gasteiger partial charge in [-0.25, -0.2) is 0 Å². The molecule has 1 atom stereocenters. The molecule has 6 nitrogen and oxygen atoms in total. The van der Waals surface area contributed by atoms with Gasteiger partial charge in [-0.15, -0.1) is 0 Å². The van der Waals surface area contributed by atoms with Gasteiger partial charge in [-0.05, 0) is 32.6 Å². The third kappa shape index (κ3) is 3.39. The molecule has 0 bridgehead atoms. The highest BCUT2D eigenvalue weighted by atomic mass is 16.5. The number of ether oxygens (including phenoxy) is 2. The number of hydrogen-bond donors (Lipinski definition) is 1. The number of aryl methyl sites for hydroxylation is 1. The topological polar surface area (TPSA) is 73.6 Å². The van der Waals surface area contributed by atoms with E-state index in [1.54, 1.807) is 6.92 Å². The highest BCUT2D eigenvalue weighted by Crippen LogP contribution is 2.34. The number of rotatable bonds is 3. The van der Waals surface area contributed by atoms with Crippen LogP contribution in [0.5, 0.6) is 0 Å². The molecule has 1 amide bonds. The molecule has 1 spiro atoms. The first-order valence-electron chi connectivity index (χ1n) is 9.21. The maximum Gasteiger partial charge on any atom is 0.257 e. The summed E-state index contributed by atoms with van der Waals surface area (Å²) in [6.45, 7) is 3.89. The lowest BCUT2D eigenvalue weighted by atomic mass is 9.84. The van der Waals surface area contributed by atoms with Crippen LogP contribution in [0.1, 0.15) is 41.8 Å². The van der Waals surface area contributed by atoms with E-state index in [0.29, 0.717) is 23.6 Å². The fourth-order valence-electron chi connectivity index (χ4n) is 3.93. The van der Waals surface area contributed by atoms with Crippen LogP contribution in [0.25, 0.3) is 11.3 Å². The Kier molecular flexibility index (Phi) is 4.78. The second-order valence-corrected chi connectivity index (χ2v) is 7.14. The van der Waals surface area contributed by atoms with Crippen LogP contribution in [0.3, 0.4) is 0 Å². The number of carbonyl (C=O) groups is 1. The molecule has 2 aliphatic rings. The van der Waals surface area contributed by atoms with Gasteiger partial charge in [0.25, 0.3) is 5.91 Å². The maximum absolute atomic E-state index is 13.0. The highest BCUT2D eigenvalue weighted by molar-refractivity contribution is 6.00. The zero-order valence-electron chi connectivity index (χ0n) is 15.0. The Morgan fingerprint density at radius 3 is 2.73 bits per heavy atom. The molecule has 2 fully saturated rings. The zero-order valence-corrected chi connectivity index (χ0v) is 15.0. The minimum Gasteiger partial charge on any atom is -0.381 e. The van der Waals surface area contributed by atoms with E-state index in [9.17, 15) is 4.79 Å². The molecule has 2 aliphatic heterocycles. The van der Waals surface area contributed by atoms with Gasteiger partial charge in [0.2, 0.25) is 0 Å². The third-order valence-electron chi connectivity index (χ3n) is 5.37. The van der Waals surface area contributed by atoms with Gasteiger partial charge < -0.3 is 19.3 Å². The van der Waals surface area contributed by atoms with Crippen LogP contribution < -0.4 is 5.32 Å². The van der Waals surface area contributed by atoms with Gasteiger partial charge in [0.05, 0.1) is 5.60 Å². The lowest BCUT2D eigenvalue weighted by molar-refractivity contribution is -0.139. The van der Waals surface area contributed by atoms with Crippen molar-refractivity contribution in [2.75, 3.05) is 19.8 Å². The van der Waals surface area contributed by atoms with Crippen molar-refractivity contribution < 1.29 is 18.8 Å². The van der Waals surface area contributed by atoms with Crippen molar-refractivity contribution in [1.29, 1.82) is 0 Å². The quantitative estimate of drug-likeness (QED) is 0.915. The summed E-state index contributed by atoms with van der Waals surface area (Å²) in [6, 6.07) is 9.74. The van der Waals surface area contributed by atoms with Crippen molar-refractivity contribution in [2.45, 2.75) is 44.2 Å². The van der Waals surface area contributed by atoms with Gasteiger partial charge in [-0.2, -0.15) is 0 Å². The standard InChI is InChI=1S/C20H24N2O4/c1-14-17(18(22-26-14)15-5-3-2-4-6-15)19(23)21-16-7-10-25-20(13-16)8-11-24-12-9-20/h2-6,16H,7-13H2,1H3,(H,21,23)/t16-/m1/s1. The smallest absolute Gasteiger partial charge is 0.257 e. The molecule has 6 heteroatoms. The van der Waals surface area contributed by atoms with Gasteiger partial charge in [0.15, 0.2) is 0 Å². The lowest BCUT2D eigenvalue weighted by Gasteiger charge is -2.43. The molecule has 0 unspecified atom stereocenters. The molecule has 2 aromatic rings. The molecule has 2 saturated heterocycles. The Balaban J connectivity index is 1.51. The average molecular weight is 356 g/mol. The minimum atomic E-state index is -0.152. The van der Waals surface area contributed by atoms with E-state index >= 15 is 0 Å². The summed E-state index contributed by atoms with van der Waals surface area (Å²) in [5.41, 5.74) is 1.83. The molecular weight excluding hydrogens is 332 g/mol. The summed E-state index contributed by atoms with van der Waals surface area (Å²) in [6.07, 6.45) is 3.42. The molecular formula is C20H24N2O4. The fourth-order valence-corrected chi connectivity index (χ4v) is 3.93. The number of carbonyl (C=O) groups excluding carboxylic acids is 1. The lowest BCUT2D eigenvalue weighted by Crippen LogP contribution is -2.51.